The highest BCUT2D eigenvalue weighted by molar-refractivity contribution is 8.18. The van der Waals surface area contributed by atoms with Crippen LogP contribution >= 0.6 is 23.4 Å². The molecule has 2 N–H and O–H groups in total. The third kappa shape index (κ3) is 5.61. The van der Waals surface area contributed by atoms with Gasteiger partial charge in [0.25, 0.3) is 11.1 Å². The lowest BCUT2D eigenvalue weighted by atomic mass is 9.88. The lowest BCUT2D eigenvalue weighted by Gasteiger charge is -2.34. The molecular weight excluding hydrogens is 541 g/mol. The molecule has 38 heavy (non-hydrogen) atoms. The molecular formula is C26H24ClF3N4O3S. The van der Waals surface area contributed by atoms with Crippen LogP contribution in [0.25, 0.3) is 17.0 Å². The average molecular weight is 565 g/mol. The first-order chi connectivity index (χ1) is 18.0. The van der Waals surface area contributed by atoms with Gasteiger partial charge in [-0.3, -0.25) is 19.2 Å². The monoisotopic (exact) mass is 564 g/mol. The van der Waals surface area contributed by atoms with Crippen LogP contribution in [0.4, 0.5) is 18.0 Å². The van der Waals surface area contributed by atoms with Crippen LogP contribution in [0, 0.1) is 0 Å². The number of nitrogens with two attached hydrogens (primary N) is 1. The Morgan fingerprint density at radius 3 is 2.66 bits per heavy atom. The Morgan fingerprint density at radius 2 is 1.92 bits per heavy atom. The van der Waals surface area contributed by atoms with Gasteiger partial charge in [-0.05, 0) is 72.5 Å². The van der Waals surface area contributed by atoms with Crippen molar-refractivity contribution in [2.75, 3.05) is 19.8 Å². The number of aromatic nitrogens is 2. The topological polar surface area (TPSA) is 90.5 Å². The Morgan fingerprint density at radius 1 is 1.16 bits per heavy atom. The predicted molar refractivity (Wildman–Crippen MR) is 140 cm³/mol. The lowest BCUT2D eigenvalue weighted by Crippen LogP contribution is -2.47. The van der Waals surface area contributed by atoms with Crippen LogP contribution in [-0.4, -0.2) is 51.1 Å². The Labute approximate surface area is 225 Å². The zero-order valence-electron chi connectivity index (χ0n) is 20.1. The number of nitrogens with zero attached hydrogens (tertiary/aromatic N) is 3. The molecule has 0 bridgehead atoms. The van der Waals surface area contributed by atoms with Gasteiger partial charge in [0.15, 0.2) is 0 Å². The van der Waals surface area contributed by atoms with Gasteiger partial charge in [-0.2, -0.15) is 18.3 Å². The van der Waals surface area contributed by atoms with E-state index < -0.39 is 17.3 Å². The van der Waals surface area contributed by atoms with Crippen molar-refractivity contribution in [2.24, 2.45) is 5.73 Å². The van der Waals surface area contributed by atoms with Crippen molar-refractivity contribution >= 4 is 51.5 Å². The van der Waals surface area contributed by atoms with Gasteiger partial charge in [-0.25, -0.2) is 0 Å². The first-order valence-electron chi connectivity index (χ1n) is 12.0. The molecule has 7 nitrogen and oxygen atoms in total. The van der Waals surface area contributed by atoms with Crippen molar-refractivity contribution < 1.29 is 27.5 Å². The van der Waals surface area contributed by atoms with Crippen molar-refractivity contribution in [3.63, 3.8) is 0 Å². The summed E-state index contributed by atoms with van der Waals surface area (Å²) in [6.07, 6.45) is 0.515. The molecule has 0 aliphatic carbocycles. The summed E-state index contributed by atoms with van der Waals surface area (Å²) in [5.41, 5.74) is 6.49. The molecule has 5 rings (SSSR count). The second-order valence-electron chi connectivity index (χ2n) is 9.48. The number of carbonyl (C=O) groups excluding carboxylic acids is 2. The van der Waals surface area contributed by atoms with E-state index in [1.165, 1.54) is 21.7 Å². The number of fused-ring (bicyclic) bond motifs is 1. The molecule has 12 heteroatoms. The molecule has 2 aromatic carbocycles. The zero-order chi connectivity index (χ0) is 27.1. The molecule has 0 saturated carbocycles. The third-order valence-corrected chi connectivity index (χ3v) is 8.00. The summed E-state index contributed by atoms with van der Waals surface area (Å²) in [5, 5.41) is 4.62. The van der Waals surface area contributed by atoms with Gasteiger partial charge < -0.3 is 10.5 Å². The van der Waals surface area contributed by atoms with E-state index in [0.717, 1.165) is 17.8 Å². The van der Waals surface area contributed by atoms with Gasteiger partial charge in [-0.1, -0.05) is 23.7 Å². The number of imide groups is 1. The van der Waals surface area contributed by atoms with E-state index in [9.17, 15) is 22.8 Å². The summed E-state index contributed by atoms with van der Waals surface area (Å²) in [5.74, 6) is -0.367. The number of rotatable bonds is 6. The van der Waals surface area contributed by atoms with E-state index in [4.69, 9.17) is 22.1 Å². The first-order valence-corrected chi connectivity index (χ1v) is 13.2. The van der Waals surface area contributed by atoms with Gasteiger partial charge in [0.05, 0.1) is 28.7 Å². The van der Waals surface area contributed by atoms with Crippen LogP contribution in [0.5, 0.6) is 0 Å². The van der Waals surface area contributed by atoms with Gasteiger partial charge in [0, 0.05) is 35.7 Å². The maximum Gasteiger partial charge on any atom is 0.416 e. The standard InChI is InChI=1S/C26H24ClF3N4O3S/c27-19-3-2-17(20(13-19)26(28,29)30)15-34-21-4-1-16(11-18(21)14-32-34)12-22-23(35)33(24(36)38-22)8-5-25(31)6-9-37-10-7-25/h1-4,11-14H,5-10,15,31H2/b22-12-. The number of hydrogen-bond donors (Lipinski definition) is 1. The Hall–Kier alpha value is -2.86. The molecule has 0 radical (unpaired) electrons. The predicted octanol–water partition coefficient (Wildman–Crippen LogP) is 5.69. The fourth-order valence-electron chi connectivity index (χ4n) is 4.64. The molecule has 2 fully saturated rings. The van der Waals surface area contributed by atoms with E-state index in [2.05, 4.69) is 5.10 Å². The van der Waals surface area contributed by atoms with E-state index >= 15 is 0 Å². The second-order valence-corrected chi connectivity index (χ2v) is 10.9. The summed E-state index contributed by atoms with van der Waals surface area (Å²) in [6, 6.07) is 8.90. The number of hydrogen-bond acceptors (Lipinski definition) is 6. The van der Waals surface area contributed by atoms with Gasteiger partial charge in [0.2, 0.25) is 0 Å². The second kappa shape index (κ2) is 10.4. The maximum atomic E-state index is 13.5. The minimum atomic E-state index is -4.55. The minimum absolute atomic E-state index is 0.00609. The Bertz CT molecular complexity index is 1430. The summed E-state index contributed by atoms with van der Waals surface area (Å²) in [7, 11) is 0. The maximum absolute atomic E-state index is 13.5. The highest BCUT2D eigenvalue weighted by atomic mass is 35.5. The Balaban J connectivity index is 1.32. The van der Waals surface area contributed by atoms with Crippen LogP contribution in [-0.2, 0) is 22.3 Å². The molecule has 3 aromatic rings. The Kier molecular flexibility index (Phi) is 7.29. The normalized spacial score (nSPS) is 19.2. The van der Waals surface area contributed by atoms with Crippen molar-refractivity contribution in [1.82, 2.24) is 14.7 Å². The first kappa shape index (κ1) is 26.7. The number of halogens is 4. The fourth-order valence-corrected chi connectivity index (χ4v) is 5.68. The van der Waals surface area contributed by atoms with E-state index in [-0.39, 0.29) is 34.8 Å². The molecule has 1 aromatic heterocycles. The molecule has 2 aliphatic heterocycles. The number of benzene rings is 2. The molecule has 0 spiro atoms. The van der Waals surface area contributed by atoms with Crippen LogP contribution in [0.1, 0.15) is 36.0 Å². The van der Waals surface area contributed by atoms with Crippen molar-refractivity contribution in [3.05, 3.63) is 69.2 Å². The van der Waals surface area contributed by atoms with Crippen molar-refractivity contribution in [3.8, 4) is 0 Å². The summed E-state index contributed by atoms with van der Waals surface area (Å²) >= 11 is 6.66. The number of ether oxygens (including phenoxy) is 1. The van der Waals surface area contributed by atoms with Crippen LogP contribution in [0.2, 0.25) is 5.02 Å². The number of thioether (sulfide) groups is 1. The highest BCUT2D eigenvalue weighted by Crippen LogP contribution is 2.36. The van der Waals surface area contributed by atoms with E-state index in [1.807, 2.05) is 0 Å². The molecule has 0 atom stereocenters. The van der Waals surface area contributed by atoms with Crippen molar-refractivity contribution in [1.29, 1.82) is 0 Å². The molecule has 0 unspecified atom stereocenters. The van der Waals surface area contributed by atoms with E-state index in [0.29, 0.717) is 53.8 Å². The molecule has 200 valence electrons. The van der Waals surface area contributed by atoms with Crippen LogP contribution in [0.15, 0.2) is 47.5 Å². The fraction of sp³-hybridized carbons (Fsp3) is 0.346. The highest BCUT2D eigenvalue weighted by Gasteiger charge is 2.37. The van der Waals surface area contributed by atoms with Gasteiger partial charge in [0.1, 0.15) is 0 Å². The van der Waals surface area contributed by atoms with Crippen LogP contribution in [0.3, 0.4) is 0 Å². The summed E-state index contributed by atoms with van der Waals surface area (Å²) in [6.45, 7) is 1.29. The number of amides is 2. The summed E-state index contributed by atoms with van der Waals surface area (Å²) < 4.78 is 47.3. The average Bonchev–Trinajstić information content (AvgIpc) is 3.38. The molecule has 2 aliphatic rings. The molecule has 2 amide bonds. The van der Waals surface area contributed by atoms with Crippen molar-refractivity contribution in [2.45, 2.75) is 37.5 Å². The largest absolute Gasteiger partial charge is 0.416 e. The smallest absolute Gasteiger partial charge is 0.381 e. The molecule has 2 saturated heterocycles. The number of alkyl halides is 3. The molecule has 3 heterocycles. The van der Waals surface area contributed by atoms with Gasteiger partial charge >= 0.3 is 6.18 Å². The lowest BCUT2D eigenvalue weighted by molar-refractivity contribution is -0.138. The zero-order valence-corrected chi connectivity index (χ0v) is 21.7. The SMILES string of the molecule is NC1(CCN2C(=O)S/C(=C\c3ccc4c(cnn4Cc4ccc(Cl)cc4C(F)(F)F)c3)C2=O)CCOCC1. The summed E-state index contributed by atoms with van der Waals surface area (Å²) in [4.78, 5) is 27.0. The number of carbonyl (C=O) groups is 2. The van der Waals surface area contributed by atoms with E-state index in [1.54, 1.807) is 30.5 Å². The van der Waals surface area contributed by atoms with Crippen LogP contribution < -0.4 is 5.73 Å². The quantitative estimate of drug-likeness (QED) is 0.387. The minimum Gasteiger partial charge on any atom is -0.381 e. The van der Waals surface area contributed by atoms with Gasteiger partial charge in [-0.15, -0.1) is 0 Å². The third-order valence-electron chi connectivity index (χ3n) is 6.86.